The molecule has 0 bridgehead atoms. The summed E-state index contributed by atoms with van der Waals surface area (Å²) in [7, 11) is -1.16. The number of rotatable bonds is 7. The highest BCUT2D eigenvalue weighted by Gasteiger charge is 2.32. The minimum Gasteiger partial charge on any atom is -0.497 e. The molecule has 0 atom stereocenters. The van der Waals surface area contributed by atoms with Gasteiger partial charge in [0.1, 0.15) is 17.1 Å². The van der Waals surface area contributed by atoms with Crippen LogP contribution in [0.25, 0.3) is 5.69 Å². The Labute approximate surface area is 203 Å². The summed E-state index contributed by atoms with van der Waals surface area (Å²) in [6, 6.07) is 19.9. The fourth-order valence-electron chi connectivity index (χ4n) is 3.58. The predicted molar refractivity (Wildman–Crippen MR) is 129 cm³/mol. The molecule has 0 aliphatic rings. The van der Waals surface area contributed by atoms with Gasteiger partial charge in [-0.05, 0) is 50.2 Å². The molecule has 0 unspecified atom stereocenters. The Hall–Kier alpha value is -4.11. The lowest BCUT2D eigenvalue weighted by molar-refractivity contribution is 0.0714. The van der Waals surface area contributed by atoms with Crippen molar-refractivity contribution in [3.05, 3.63) is 89.6 Å². The van der Waals surface area contributed by atoms with Crippen molar-refractivity contribution in [3.8, 4) is 23.1 Å². The number of para-hydroxylation sites is 1. The minimum atomic E-state index is -4.07. The van der Waals surface area contributed by atoms with Gasteiger partial charge in [0.2, 0.25) is 15.7 Å². The molecule has 0 saturated carbocycles. The molecule has 1 aromatic heterocycles. The Morgan fingerprint density at radius 1 is 0.886 bits per heavy atom. The van der Waals surface area contributed by atoms with Crippen LogP contribution in [0.1, 0.15) is 21.6 Å². The lowest BCUT2D eigenvalue weighted by atomic mass is 10.2. The highest BCUT2D eigenvalue weighted by Crippen LogP contribution is 2.36. The Balaban J connectivity index is 1.88. The normalized spacial score (nSPS) is 11.2. The number of hydrogen-bond acceptors (Lipinski definition) is 7. The maximum Gasteiger partial charge on any atom is 0.348 e. The third-order valence-electron chi connectivity index (χ3n) is 5.38. The summed E-state index contributed by atoms with van der Waals surface area (Å²) >= 11 is 0. The van der Waals surface area contributed by atoms with Crippen LogP contribution >= 0.6 is 0 Å². The topological polar surface area (TPSA) is 96.7 Å². The van der Waals surface area contributed by atoms with Gasteiger partial charge in [-0.15, -0.1) is 0 Å². The molecule has 0 aliphatic carbocycles. The number of hydrogen-bond donors (Lipinski definition) is 0. The van der Waals surface area contributed by atoms with Crippen LogP contribution in [0, 0.1) is 13.8 Å². The molecule has 0 radical (unpaired) electrons. The molecular formula is C26H24N2O6S. The molecule has 9 heteroatoms. The zero-order valence-electron chi connectivity index (χ0n) is 19.7. The van der Waals surface area contributed by atoms with E-state index in [0.717, 1.165) is 5.56 Å². The average molecular weight is 493 g/mol. The van der Waals surface area contributed by atoms with E-state index in [2.05, 4.69) is 5.10 Å². The zero-order valence-corrected chi connectivity index (χ0v) is 20.5. The molecular weight excluding hydrogens is 468 g/mol. The highest BCUT2D eigenvalue weighted by molar-refractivity contribution is 7.91. The van der Waals surface area contributed by atoms with Gasteiger partial charge in [0.05, 0.1) is 30.5 Å². The molecule has 0 fully saturated rings. The number of sulfone groups is 1. The zero-order chi connectivity index (χ0) is 25.2. The monoisotopic (exact) mass is 492 g/mol. The fourth-order valence-corrected chi connectivity index (χ4v) is 5.10. The Morgan fingerprint density at radius 2 is 1.57 bits per heavy atom. The van der Waals surface area contributed by atoms with Gasteiger partial charge in [-0.3, -0.25) is 0 Å². The summed E-state index contributed by atoms with van der Waals surface area (Å²) in [4.78, 5) is 13.1. The van der Waals surface area contributed by atoms with E-state index in [4.69, 9.17) is 14.2 Å². The van der Waals surface area contributed by atoms with Crippen LogP contribution in [0.4, 0.5) is 0 Å². The van der Waals surface area contributed by atoms with Crippen molar-refractivity contribution in [2.45, 2.75) is 23.6 Å². The van der Waals surface area contributed by atoms with Gasteiger partial charge in [0.25, 0.3) is 0 Å². The largest absolute Gasteiger partial charge is 0.497 e. The van der Waals surface area contributed by atoms with E-state index < -0.39 is 15.8 Å². The maximum atomic E-state index is 13.7. The number of carbonyl (C=O) groups is 1. The summed E-state index contributed by atoms with van der Waals surface area (Å²) in [6.07, 6.45) is 0. The molecule has 0 aliphatic heterocycles. The Kier molecular flexibility index (Phi) is 6.61. The third-order valence-corrected chi connectivity index (χ3v) is 7.28. The molecule has 0 saturated heterocycles. The lowest BCUT2D eigenvalue weighted by Crippen LogP contribution is -2.15. The van der Waals surface area contributed by atoms with E-state index in [1.54, 1.807) is 55.5 Å². The molecule has 0 amide bonds. The second-order valence-corrected chi connectivity index (χ2v) is 9.63. The molecule has 35 heavy (non-hydrogen) atoms. The number of carbonyl (C=O) groups excluding carboxylic acids is 1. The van der Waals surface area contributed by atoms with E-state index in [1.165, 1.54) is 37.1 Å². The third kappa shape index (κ3) is 4.63. The standard InChI is InChI=1S/C26H24N2O6S/c1-17-10-13-21(14-11-17)35(30,31)24-18(2)27-28(19-8-6-5-7-9-19)25(24)34-26(29)22-15-12-20(32-3)16-23(22)33-4/h5-16H,1-4H3. The van der Waals surface area contributed by atoms with E-state index >= 15 is 0 Å². The van der Waals surface area contributed by atoms with E-state index in [0.29, 0.717) is 11.4 Å². The summed E-state index contributed by atoms with van der Waals surface area (Å²) in [5.41, 5.74) is 1.74. The lowest BCUT2D eigenvalue weighted by Gasteiger charge is -2.13. The molecule has 4 rings (SSSR count). The fraction of sp³-hybridized carbons (Fsp3) is 0.154. The first kappa shape index (κ1) is 24.0. The number of ether oxygens (including phenoxy) is 3. The first-order chi connectivity index (χ1) is 16.8. The minimum absolute atomic E-state index is 0.0677. The van der Waals surface area contributed by atoms with Gasteiger partial charge < -0.3 is 14.2 Å². The van der Waals surface area contributed by atoms with Crippen LogP contribution in [-0.2, 0) is 9.84 Å². The van der Waals surface area contributed by atoms with Crippen LogP contribution in [-0.4, -0.2) is 38.4 Å². The number of methoxy groups -OCH3 is 2. The van der Waals surface area contributed by atoms with Gasteiger partial charge in [-0.1, -0.05) is 35.9 Å². The first-order valence-corrected chi connectivity index (χ1v) is 12.2. The van der Waals surface area contributed by atoms with Gasteiger partial charge in [0, 0.05) is 6.07 Å². The van der Waals surface area contributed by atoms with Crippen LogP contribution in [0.5, 0.6) is 17.4 Å². The molecule has 8 nitrogen and oxygen atoms in total. The summed E-state index contributed by atoms with van der Waals surface area (Å²) in [5.74, 6) is -0.301. The summed E-state index contributed by atoms with van der Waals surface area (Å²) in [5, 5.41) is 4.42. The Morgan fingerprint density at radius 3 is 2.20 bits per heavy atom. The van der Waals surface area contributed by atoms with Gasteiger partial charge in [-0.2, -0.15) is 9.78 Å². The smallest absolute Gasteiger partial charge is 0.348 e. The van der Waals surface area contributed by atoms with E-state index in [9.17, 15) is 13.2 Å². The van der Waals surface area contributed by atoms with Crippen molar-refractivity contribution >= 4 is 15.8 Å². The maximum absolute atomic E-state index is 13.7. The van der Waals surface area contributed by atoms with Crippen molar-refractivity contribution in [1.29, 1.82) is 0 Å². The van der Waals surface area contributed by atoms with Crippen LogP contribution in [0.2, 0.25) is 0 Å². The van der Waals surface area contributed by atoms with Crippen LogP contribution in [0.3, 0.4) is 0 Å². The van der Waals surface area contributed by atoms with E-state index in [-0.39, 0.29) is 32.7 Å². The predicted octanol–water partition coefficient (Wildman–Crippen LogP) is 4.56. The molecule has 1 heterocycles. The number of aryl methyl sites for hydroxylation is 2. The van der Waals surface area contributed by atoms with Crippen LogP contribution in [0.15, 0.2) is 82.6 Å². The molecule has 180 valence electrons. The molecule has 3 aromatic carbocycles. The van der Waals surface area contributed by atoms with Crippen molar-refractivity contribution in [2.75, 3.05) is 14.2 Å². The number of esters is 1. The summed E-state index contributed by atoms with van der Waals surface area (Å²) in [6.45, 7) is 3.43. The second kappa shape index (κ2) is 9.63. The number of benzene rings is 3. The quantitative estimate of drug-likeness (QED) is 0.349. The van der Waals surface area contributed by atoms with Gasteiger partial charge >= 0.3 is 5.97 Å². The van der Waals surface area contributed by atoms with Crippen molar-refractivity contribution in [2.24, 2.45) is 0 Å². The molecule has 4 aromatic rings. The van der Waals surface area contributed by atoms with E-state index in [1.807, 2.05) is 13.0 Å². The van der Waals surface area contributed by atoms with Crippen LogP contribution < -0.4 is 14.2 Å². The second-order valence-electron chi connectivity index (χ2n) is 7.74. The SMILES string of the molecule is COc1ccc(C(=O)Oc2c(S(=O)(=O)c3ccc(C)cc3)c(C)nn2-c2ccccc2)c(OC)c1. The average Bonchev–Trinajstić information content (AvgIpc) is 3.20. The molecule has 0 spiro atoms. The Bertz CT molecular complexity index is 1480. The van der Waals surface area contributed by atoms with Crippen molar-refractivity contribution < 1.29 is 27.4 Å². The number of aromatic nitrogens is 2. The first-order valence-electron chi connectivity index (χ1n) is 10.7. The van der Waals surface area contributed by atoms with Gasteiger partial charge in [-0.25, -0.2) is 13.2 Å². The molecule has 0 N–H and O–H groups in total. The highest BCUT2D eigenvalue weighted by atomic mass is 32.2. The van der Waals surface area contributed by atoms with Gasteiger partial charge in [0.15, 0.2) is 4.90 Å². The van der Waals surface area contributed by atoms with Crippen molar-refractivity contribution in [3.63, 3.8) is 0 Å². The van der Waals surface area contributed by atoms with Crippen molar-refractivity contribution in [1.82, 2.24) is 9.78 Å². The summed E-state index contributed by atoms with van der Waals surface area (Å²) < 4.78 is 44.9. The number of nitrogens with zero attached hydrogens (tertiary/aromatic N) is 2.